The van der Waals surface area contributed by atoms with Crippen molar-refractivity contribution < 1.29 is 18.3 Å². The molecular formula is C32H42ClF2N5O2. The van der Waals surface area contributed by atoms with Gasteiger partial charge >= 0.3 is 5.97 Å². The third-order valence-corrected chi connectivity index (χ3v) is 9.00. The number of carbonyl (C=O) groups is 1. The third-order valence-electron chi connectivity index (χ3n) is 8.50. The molecule has 2 aromatic rings. The maximum absolute atomic E-state index is 14.3. The SMILES string of the molecule is CCOC(=O)c1cnn(C2CCCN(C3=C(c4ccccc4)C=CC(Cl)(N4CCN(CC(C)C)CC4)C3)C2)c1C(F)F. The van der Waals surface area contributed by atoms with Gasteiger partial charge in [0.2, 0.25) is 0 Å². The number of alkyl halides is 3. The predicted octanol–water partition coefficient (Wildman–Crippen LogP) is 6.21. The standard InChI is InChI=1S/C32H42ClF2N5O2/c1-4-42-31(41)27-20-36-40(29(27)30(34)35)25-11-8-14-38(22-25)28-19-32(33,13-12-26(28)24-9-6-5-7-10-24)39-17-15-37(16-18-39)21-23(2)3/h5-7,9-10,12-13,20,23,25,30H,4,8,11,14-19,21-22H2,1-3H3. The Hall–Kier alpha value is -2.75. The third kappa shape index (κ3) is 6.58. The minimum atomic E-state index is -2.84. The number of esters is 1. The van der Waals surface area contributed by atoms with E-state index < -0.39 is 17.4 Å². The normalized spacial score (nSPS) is 24.2. The number of halogens is 3. The number of piperidine rings is 1. The van der Waals surface area contributed by atoms with Crippen molar-refractivity contribution in [3.05, 3.63) is 71.2 Å². The van der Waals surface area contributed by atoms with Crippen LogP contribution in [-0.2, 0) is 4.74 Å². The number of allylic oxidation sites excluding steroid dienone is 2. The van der Waals surface area contributed by atoms with Crippen LogP contribution in [0.2, 0.25) is 0 Å². The first-order chi connectivity index (χ1) is 20.2. The average Bonchev–Trinajstić information content (AvgIpc) is 3.44. The Balaban J connectivity index is 1.42. The molecule has 1 aliphatic carbocycles. The highest BCUT2D eigenvalue weighted by Gasteiger charge is 2.40. The minimum absolute atomic E-state index is 0.112. The lowest BCUT2D eigenvalue weighted by Crippen LogP contribution is -2.55. The van der Waals surface area contributed by atoms with Crippen LogP contribution >= 0.6 is 11.6 Å². The molecule has 0 bridgehead atoms. The van der Waals surface area contributed by atoms with Gasteiger partial charge < -0.3 is 14.5 Å². The molecule has 1 aromatic heterocycles. The van der Waals surface area contributed by atoms with E-state index in [0.29, 0.717) is 25.3 Å². The molecule has 2 atom stereocenters. The maximum atomic E-state index is 14.3. The number of hydrogen-bond acceptors (Lipinski definition) is 6. The van der Waals surface area contributed by atoms with Crippen LogP contribution in [0.15, 0.2) is 54.4 Å². The molecule has 5 rings (SSSR count). The number of benzene rings is 1. The van der Waals surface area contributed by atoms with E-state index in [9.17, 15) is 13.6 Å². The van der Waals surface area contributed by atoms with E-state index in [4.69, 9.17) is 16.3 Å². The summed E-state index contributed by atoms with van der Waals surface area (Å²) in [4.78, 5) is 18.9. The molecule has 3 aliphatic rings. The van der Waals surface area contributed by atoms with Gasteiger partial charge in [0.15, 0.2) is 0 Å². The highest BCUT2D eigenvalue weighted by Crippen LogP contribution is 2.42. The Kier molecular flexibility index (Phi) is 9.70. The molecule has 0 saturated carbocycles. The number of carbonyl (C=O) groups excluding carboxylic acids is 1. The van der Waals surface area contributed by atoms with Crippen LogP contribution in [-0.4, -0.2) is 87.9 Å². The van der Waals surface area contributed by atoms with Crippen LogP contribution < -0.4 is 0 Å². The fraction of sp³-hybridized carbons (Fsp3) is 0.562. The topological polar surface area (TPSA) is 53.8 Å². The highest BCUT2D eigenvalue weighted by atomic mass is 35.5. The zero-order chi connectivity index (χ0) is 29.9. The summed E-state index contributed by atoms with van der Waals surface area (Å²) in [7, 11) is 0. The van der Waals surface area contributed by atoms with Crippen molar-refractivity contribution in [3.8, 4) is 0 Å². The lowest BCUT2D eigenvalue weighted by atomic mass is 9.90. The lowest BCUT2D eigenvalue weighted by Gasteiger charge is -2.47. The van der Waals surface area contributed by atoms with Gasteiger partial charge in [-0.05, 0) is 37.3 Å². The summed E-state index contributed by atoms with van der Waals surface area (Å²) in [6.07, 6.45) is 4.76. The van der Waals surface area contributed by atoms with Gasteiger partial charge in [-0.1, -0.05) is 61.9 Å². The lowest BCUT2D eigenvalue weighted by molar-refractivity contribution is 0.0511. The molecule has 2 saturated heterocycles. The number of piperazine rings is 1. The van der Waals surface area contributed by atoms with E-state index in [2.05, 4.69) is 57.9 Å². The second-order valence-corrected chi connectivity index (χ2v) is 12.5. The predicted molar refractivity (Wildman–Crippen MR) is 162 cm³/mol. The summed E-state index contributed by atoms with van der Waals surface area (Å²) in [6.45, 7) is 12.4. The Bertz CT molecular complexity index is 1290. The van der Waals surface area contributed by atoms with Crippen molar-refractivity contribution in [3.63, 3.8) is 0 Å². The number of nitrogens with zero attached hydrogens (tertiary/aromatic N) is 5. The van der Waals surface area contributed by atoms with E-state index in [1.807, 2.05) is 18.2 Å². The van der Waals surface area contributed by atoms with E-state index in [1.165, 1.54) is 10.9 Å². The Labute approximate surface area is 252 Å². The number of ether oxygens (including phenoxy) is 1. The summed E-state index contributed by atoms with van der Waals surface area (Å²) in [5, 5.41) is 4.29. The van der Waals surface area contributed by atoms with Crippen LogP contribution in [0.3, 0.4) is 0 Å². The maximum Gasteiger partial charge on any atom is 0.341 e. The Morgan fingerprint density at radius 3 is 2.55 bits per heavy atom. The van der Waals surface area contributed by atoms with Gasteiger partial charge in [0.1, 0.15) is 16.3 Å². The summed E-state index contributed by atoms with van der Waals surface area (Å²) >= 11 is 7.45. The molecule has 0 amide bonds. The number of hydrogen-bond donors (Lipinski definition) is 0. The van der Waals surface area contributed by atoms with Crippen molar-refractivity contribution >= 4 is 23.1 Å². The summed E-state index contributed by atoms with van der Waals surface area (Å²) in [6, 6.07) is 9.94. The Morgan fingerprint density at radius 2 is 1.88 bits per heavy atom. The van der Waals surface area contributed by atoms with Crippen LogP contribution in [0.25, 0.3) is 5.57 Å². The van der Waals surface area contributed by atoms with Crippen LogP contribution in [0.4, 0.5) is 8.78 Å². The molecule has 0 spiro atoms. The average molecular weight is 602 g/mol. The quantitative estimate of drug-likeness (QED) is 0.193. The second kappa shape index (κ2) is 13.3. The van der Waals surface area contributed by atoms with Crippen molar-refractivity contribution in [2.45, 2.75) is 57.5 Å². The molecule has 3 heterocycles. The zero-order valence-corrected chi connectivity index (χ0v) is 25.6. The van der Waals surface area contributed by atoms with Gasteiger partial charge in [-0.15, -0.1) is 0 Å². The molecule has 7 nitrogen and oxygen atoms in total. The molecule has 1 aromatic carbocycles. The largest absolute Gasteiger partial charge is 0.462 e. The first kappa shape index (κ1) is 30.7. The van der Waals surface area contributed by atoms with Gasteiger partial charge in [-0.2, -0.15) is 5.10 Å². The highest BCUT2D eigenvalue weighted by molar-refractivity contribution is 6.25. The monoisotopic (exact) mass is 601 g/mol. The molecular weight excluding hydrogens is 560 g/mol. The zero-order valence-electron chi connectivity index (χ0n) is 24.8. The summed E-state index contributed by atoms with van der Waals surface area (Å²) < 4.78 is 35.0. The van der Waals surface area contributed by atoms with Crippen molar-refractivity contribution in [1.29, 1.82) is 0 Å². The molecule has 42 heavy (non-hydrogen) atoms. The van der Waals surface area contributed by atoms with Crippen molar-refractivity contribution in [2.75, 3.05) is 52.4 Å². The molecule has 2 aliphatic heterocycles. The van der Waals surface area contributed by atoms with Crippen LogP contribution in [0.1, 0.15) is 74.1 Å². The first-order valence-electron chi connectivity index (χ1n) is 15.1. The molecule has 2 unspecified atom stereocenters. The van der Waals surface area contributed by atoms with Gasteiger partial charge in [-0.3, -0.25) is 9.58 Å². The van der Waals surface area contributed by atoms with Crippen LogP contribution in [0, 0.1) is 5.92 Å². The smallest absolute Gasteiger partial charge is 0.341 e. The van der Waals surface area contributed by atoms with Gasteiger partial charge in [-0.25, -0.2) is 13.6 Å². The van der Waals surface area contributed by atoms with E-state index in [1.54, 1.807) is 6.92 Å². The Morgan fingerprint density at radius 1 is 1.14 bits per heavy atom. The van der Waals surface area contributed by atoms with Crippen molar-refractivity contribution in [2.24, 2.45) is 5.92 Å². The fourth-order valence-corrected chi connectivity index (χ4v) is 6.90. The summed E-state index contributed by atoms with van der Waals surface area (Å²) in [5.74, 6) is -0.140. The molecule has 0 radical (unpaired) electrons. The molecule has 2 fully saturated rings. The molecule has 0 N–H and O–H groups in total. The van der Waals surface area contributed by atoms with Crippen molar-refractivity contribution in [1.82, 2.24) is 24.5 Å². The first-order valence-corrected chi connectivity index (χ1v) is 15.5. The number of likely N-dealkylation sites (tertiary alicyclic amines) is 1. The van der Waals surface area contributed by atoms with Crippen LogP contribution in [0.5, 0.6) is 0 Å². The molecule has 10 heteroatoms. The van der Waals surface area contributed by atoms with Gasteiger partial charge in [0, 0.05) is 63.5 Å². The molecule has 228 valence electrons. The van der Waals surface area contributed by atoms with E-state index >= 15 is 0 Å². The van der Waals surface area contributed by atoms with Gasteiger partial charge in [0.05, 0.1) is 18.8 Å². The fourth-order valence-electron chi connectivity index (χ4n) is 6.54. The second-order valence-electron chi connectivity index (χ2n) is 11.9. The van der Waals surface area contributed by atoms with Gasteiger partial charge in [0.25, 0.3) is 6.43 Å². The minimum Gasteiger partial charge on any atom is -0.462 e. The van der Waals surface area contributed by atoms with E-state index in [-0.39, 0.29) is 23.9 Å². The number of aromatic nitrogens is 2. The van der Waals surface area contributed by atoms with E-state index in [0.717, 1.165) is 62.5 Å². The number of rotatable bonds is 9. The summed E-state index contributed by atoms with van der Waals surface area (Å²) in [5.41, 5.74) is 2.79.